The molecule has 1 aromatic rings. The van der Waals surface area contributed by atoms with Crippen molar-refractivity contribution in [3.8, 4) is 11.5 Å². The molecule has 0 N–H and O–H groups in total. The highest BCUT2D eigenvalue weighted by atomic mass is 127. The summed E-state index contributed by atoms with van der Waals surface area (Å²) in [5.41, 5.74) is 1.79. The van der Waals surface area contributed by atoms with E-state index in [1.54, 1.807) is 6.92 Å². The van der Waals surface area contributed by atoms with E-state index in [0.29, 0.717) is 27.6 Å². The third-order valence-electron chi connectivity index (χ3n) is 7.60. The number of nitrogens with zero attached hydrogens (tertiary/aromatic N) is 1. The van der Waals surface area contributed by atoms with Crippen LogP contribution in [0.2, 0.25) is 5.02 Å². The van der Waals surface area contributed by atoms with Crippen LogP contribution >= 0.6 is 34.2 Å². The smallest absolute Gasteiger partial charge is 0.254 e. The highest BCUT2D eigenvalue weighted by Gasteiger charge is 2.62. The lowest BCUT2D eigenvalue weighted by atomic mass is 9.54. The Morgan fingerprint density at radius 3 is 2.07 bits per heavy atom. The quantitative estimate of drug-likeness (QED) is 0.398. The van der Waals surface area contributed by atoms with Crippen molar-refractivity contribution in [3.05, 3.63) is 19.7 Å². The van der Waals surface area contributed by atoms with Crippen LogP contribution in [0, 0.1) is 15.9 Å². The number of hydrogen-bond donors (Lipinski definition) is 0. The molecule has 4 nitrogen and oxygen atoms in total. The van der Waals surface area contributed by atoms with Crippen LogP contribution in [0.1, 0.15) is 68.3 Å². The number of carbonyl (C=O) groups excluding carboxylic acids is 1. The van der Waals surface area contributed by atoms with Gasteiger partial charge in [-0.25, -0.2) is 0 Å². The fraction of sp³-hybridized carbons (Fsp3) is 0.667. The molecule has 27 heavy (non-hydrogen) atoms. The van der Waals surface area contributed by atoms with Crippen molar-refractivity contribution in [1.29, 1.82) is 0 Å². The summed E-state index contributed by atoms with van der Waals surface area (Å²) in [5, 5.41) is 0.496. The molecule has 2 bridgehead atoms. The second kappa shape index (κ2) is 6.23. The topological polar surface area (TPSA) is 38.8 Å². The summed E-state index contributed by atoms with van der Waals surface area (Å²) in [5.74, 6) is 0.525. The molecule has 3 fully saturated rings. The summed E-state index contributed by atoms with van der Waals surface area (Å²) in [6, 6.07) is 0. The molecule has 3 saturated carbocycles. The van der Waals surface area contributed by atoms with Crippen LogP contribution in [0.3, 0.4) is 0 Å². The number of benzene rings is 1. The van der Waals surface area contributed by atoms with E-state index < -0.39 is 5.79 Å². The van der Waals surface area contributed by atoms with Crippen LogP contribution in [0.4, 0.5) is 0 Å². The van der Waals surface area contributed by atoms with Gasteiger partial charge in [0.1, 0.15) is 5.02 Å². The maximum atomic E-state index is 12.2. The van der Waals surface area contributed by atoms with Crippen molar-refractivity contribution >= 4 is 40.0 Å². The first-order valence-corrected chi connectivity index (χ1v) is 11.1. The number of halogens is 2. The van der Waals surface area contributed by atoms with E-state index in [9.17, 15) is 4.79 Å². The summed E-state index contributed by atoms with van der Waals surface area (Å²) in [7, 11) is 4.40. The molecule has 1 heterocycles. The van der Waals surface area contributed by atoms with Gasteiger partial charge in [0.25, 0.3) is 5.79 Å². The molecule has 1 unspecified atom stereocenters. The van der Waals surface area contributed by atoms with Crippen molar-refractivity contribution in [2.24, 2.45) is 5.41 Å². The molecule has 4 aliphatic rings. The fourth-order valence-electron chi connectivity index (χ4n) is 5.53. The Bertz CT molecular complexity index is 813. The Morgan fingerprint density at radius 1 is 1.07 bits per heavy atom. The van der Waals surface area contributed by atoms with Gasteiger partial charge in [-0.2, -0.15) is 0 Å². The highest BCUT2D eigenvalue weighted by Crippen LogP contribution is 2.63. The molecule has 0 radical (unpaired) electrons. The highest BCUT2D eigenvalue weighted by molar-refractivity contribution is 14.1. The molecular formula is C21H27ClINO3. The maximum absolute atomic E-state index is 12.2. The first-order valence-electron chi connectivity index (χ1n) is 9.64. The van der Waals surface area contributed by atoms with Gasteiger partial charge in [0.2, 0.25) is 0 Å². The minimum Gasteiger partial charge on any atom is -0.448 e. The Labute approximate surface area is 180 Å². The average Bonchev–Trinajstić information content (AvgIpc) is 3.01. The average molecular weight is 504 g/mol. The van der Waals surface area contributed by atoms with Crippen molar-refractivity contribution < 1.29 is 14.3 Å². The van der Waals surface area contributed by atoms with Gasteiger partial charge < -0.3 is 14.4 Å². The lowest BCUT2D eigenvalue weighted by Gasteiger charge is -2.59. The van der Waals surface area contributed by atoms with Crippen molar-refractivity contribution in [2.45, 2.75) is 70.6 Å². The van der Waals surface area contributed by atoms with Crippen molar-refractivity contribution in [2.75, 3.05) is 14.1 Å². The Morgan fingerprint density at radius 2 is 1.59 bits per heavy atom. The third kappa shape index (κ3) is 2.60. The lowest BCUT2D eigenvalue weighted by Crippen LogP contribution is -2.62. The standard InChI is InChI=1S/C21H27ClINO3/c1-12-14(13(2)25)16(23)15(22)18-17(12)26-19(3,27-18)20-6-9-21(10-7-20,11-8-20)24(4)5/h6-11H2,1-5H3. The van der Waals surface area contributed by atoms with E-state index in [0.717, 1.165) is 28.4 Å². The minimum absolute atomic E-state index is 0.00284. The zero-order chi connectivity index (χ0) is 19.8. The molecule has 1 atom stereocenters. The van der Waals surface area contributed by atoms with Gasteiger partial charge in [0.15, 0.2) is 17.3 Å². The molecule has 0 saturated heterocycles. The Balaban J connectivity index is 1.72. The van der Waals surface area contributed by atoms with E-state index in [-0.39, 0.29) is 11.2 Å². The molecule has 1 aliphatic heterocycles. The predicted octanol–water partition coefficient (Wildman–Crippen LogP) is 5.60. The summed E-state index contributed by atoms with van der Waals surface area (Å²) in [6.45, 7) is 5.57. The van der Waals surface area contributed by atoms with E-state index >= 15 is 0 Å². The predicted molar refractivity (Wildman–Crippen MR) is 115 cm³/mol. The van der Waals surface area contributed by atoms with E-state index in [1.165, 1.54) is 19.3 Å². The SMILES string of the molecule is CC(=O)c1c(C)c2c(c(Cl)c1I)OC(C)(C13CCC(N(C)C)(CC1)CC3)O2. The number of ketones is 1. The van der Waals surface area contributed by atoms with Gasteiger partial charge in [-0.05, 0) is 89.1 Å². The van der Waals surface area contributed by atoms with E-state index in [4.69, 9.17) is 21.1 Å². The molecule has 148 valence electrons. The molecule has 5 rings (SSSR count). The zero-order valence-electron chi connectivity index (χ0n) is 16.7. The van der Waals surface area contributed by atoms with Crippen molar-refractivity contribution in [3.63, 3.8) is 0 Å². The molecule has 0 aromatic heterocycles. The zero-order valence-corrected chi connectivity index (χ0v) is 19.6. The monoisotopic (exact) mass is 503 g/mol. The largest absolute Gasteiger partial charge is 0.448 e. The second-order valence-electron chi connectivity index (χ2n) is 8.89. The summed E-state index contributed by atoms with van der Waals surface area (Å²) < 4.78 is 13.8. The van der Waals surface area contributed by atoms with Gasteiger partial charge in [0.05, 0.1) is 0 Å². The summed E-state index contributed by atoms with van der Waals surface area (Å²) in [4.78, 5) is 14.6. The number of ether oxygens (including phenoxy) is 2. The van der Waals surface area contributed by atoms with E-state index in [2.05, 4.69) is 48.5 Å². The molecule has 0 amide bonds. The molecule has 0 spiro atoms. The summed E-state index contributed by atoms with van der Waals surface area (Å²) in [6.07, 6.45) is 6.76. The van der Waals surface area contributed by atoms with Gasteiger partial charge in [-0.1, -0.05) is 11.6 Å². The molecule has 3 aliphatic carbocycles. The summed E-state index contributed by atoms with van der Waals surface area (Å²) >= 11 is 8.76. The third-order valence-corrected chi connectivity index (χ3v) is 9.36. The van der Waals surface area contributed by atoms with Crippen LogP contribution in [-0.2, 0) is 0 Å². The Kier molecular flexibility index (Phi) is 4.56. The van der Waals surface area contributed by atoms with E-state index in [1.807, 2.05) is 6.92 Å². The van der Waals surface area contributed by atoms with Crippen LogP contribution < -0.4 is 9.47 Å². The van der Waals surface area contributed by atoms with Crippen LogP contribution in [0.25, 0.3) is 0 Å². The first kappa shape index (κ1) is 19.8. The number of carbonyl (C=O) groups is 1. The molecular weight excluding hydrogens is 477 g/mol. The fourth-order valence-corrected chi connectivity index (χ4v) is 6.78. The number of Topliss-reactive ketones (excluding diaryl/α,β-unsaturated/α-hetero) is 1. The lowest BCUT2D eigenvalue weighted by molar-refractivity contribution is -0.211. The minimum atomic E-state index is -0.735. The van der Waals surface area contributed by atoms with Crippen LogP contribution in [0.15, 0.2) is 0 Å². The first-order chi connectivity index (χ1) is 12.6. The number of hydrogen-bond acceptors (Lipinski definition) is 4. The Hall–Kier alpha value is -0.530. The number of rotatable bonds is 3. The molecule has 6 heteroatoms. The van der Waals surface area contributed by atoms with Gasteiger partial charge in [-0.15, -0.1) is 0 Å². The van der Waals surface area contributed by atoms with Crippen LogP contribution in [-0.4, -0.2) is 36.1 Å². The van der Waals surface area contributed by atoms with Crippen LogP contribution in [0.5, 0.6) is 11.5 Å². The van der Waals surface area contributed by atoms with Crippen molar-refractivity contribution in [1.82, 2.24) is 4.90 Å². The van der Waals surface area contributed by atoms with Gasteiger partial charge in [-0.3, -0.25) is 4.79 Å². The molecule has 1 aromatic carbocycles. The second-order valence-corrected chi connectivity index (χ2v) is 10.3. The maximum Gasteiger partial charge on any atom is 0.254 e. The van der Waals surface area contributed by atoms with Gasteiger partial charge in [0, 0.05) is 32.6 Å². The normalized spacial score (nSPS) is 34.4. The van der Waals surface area contributed by atoms with Gasteiger partial charge >= 0.3 is 0 Å². The number of fused-ring (bicyclic) bond motifs is 4.